The third kappa shape index (κ3) is 5.58. The van der Waals surface area contributed by atoms with Crippen LogP contribution in [0.2, 0.25) is 0 Å². The van der Waals surface area contributed by atoms with Gasteiger partial charge in [0.1, 0.15) is 0 Å². The maximum absolute atomic E-state index is 11.9. The molecule has 112 valence electrons. The van der Waals surface area contributed by atoms with Crippen molar-refractivity contribution in [3.63, 3.8) is 0 Å². The van der Waals surface area contributed by atoms with Crippen LogP contribution >= 0.6 is 0 Å². The number of ether oxygens (including phenoxy) is 1. The fraction of sp³-hybridized carbons (Fsp3) is 0.471. The molecule has 1 saturated heterocycles. The van der Waals surface area contributed by atoms with Gasteiger partial charge in [0, 0.05) is 18.7 Å². The van der Waals surface area contributed by atoms with Crippen LogP contribution < -0.4 is 11.1 Å². The summed E-state index contributed by atoms with van der Waals surface area (Å²) in [5, 5.41) is 2.94. The SMILES string of the molecule is NCC#Cc1cccc(CNC(=O)CC2CCCCO2)c1. The van der Waals surface area contributed by atoms with E-state index in [9.17, 15) is 4.79 Å². The van der Waals surface area contributed by atoms with E-state index in [1.54, 1.807) is 0 Å². The zero-order chi connectivity index (χ0) is 14.9. The fourth-order valence-electron chi connectivity index (χ4n) is 2.36. The van der Waals surface area contributed by atoms with Gasteiger partial charge < -0.3 is 15.8 Å². The second-order valence-electron chi connectivity index (χ2n) is 5.18. The minimum absolute atomic E-state index is 0.0420. The number of rotatable bonds is 4. The molecule has 1 amide bonds. The van der Waals surface area contributed by atoms with Crippen LogP contribution in [0.5, 0.6) is 0 Å². The van der Waals surface area contributed by atoms with Crippen molar-refractivity contribution in [1.29, 1.82) is 0 Å². The van der Waals surface area contributed by atoms with Crippen molar-refractivity contribution in [3.05, 3.63) is 35.4 Å². The van der Waals surface area contributed by atoms with E-state index < -0.39 is 0 Å². The molecule has 0 bridgehead atoms. The van der Waals surface area contributed by atoms with E-state index in [-0.39, 0.29) is 12.0 Å². The van der Waals surface area contributed by atoms with E-state index in [0.29, 0.717) is 19.5 Å². The Bertz CT molecular complexity index is 525. The zero-order valence-corrected chi connectivity index (χ0v) is 12.2. The Hall–Kier alpha value is -1.83. The molecule has 3 N–H and O–H groups in total. The maximum Gasteiger partial charge on any atom is 0.222 e. The molecule has 1 aliphatic rings. The molecule has 0 saturated carbocycles. The predicted molar refractivity (Wildman–Crippen MR) is 82.4 cm³/mol. The number of nitrogens with two attached hydrogens (primary N) is 1. The lowest BCUT2D eigenvalue weighted by Crippen LogP contribution is -2.30. The first-order chi connectivity index (χ1) is 10.3. The maximum atomic E-state index is 11.9. The summed E-state index contributed by atoms with van der Waals surface area (Å²) in [6.45, 7) is 1.64. The quantitative estimate of drug-likeness (QED) is 0.826. The van der Waals surface area contributed by atoms with Crippen LogP contribution in [0.3, 0.4) is 0 Å². The van der Waals surface area contributed by atoms with Crippen molar-refractivity contribution >= 4 is 5.91 Å². The van der Waals surface area contributed by atoms with Crippen molar-refractivity contribution in [3.8, 4) is 11.8 Å². The average Bonchev–Trinajstić information content (AvgIpc) is 2.52. The van der Waals surface area contributed by atoms with Crippen LogP contribution in [0.15, 0.2) is 24.3 Å². The highest BCUT2D eigenvalue weighted by Crippen LogP contribution is 2.15. The molecule has 1 aromatic rings. The number of amides is 1. The first kappa shape index (κ1) is 15.6. The normalized spacial score (nSPS) is 17.7. The molecular formula is C17H22N2O2. The Morgan fingerprint density at radius 3 is 3.10 bits per heavy atom. The molecule has 2 rings (SSSR count). The first-order valence-electron chi connectivity index (χ1n) is 7.44. The smallest absolute Gasteiger partial charge is 0.222 e. The molecule has 0 radical (unpaired) electrons. The van der Waals surface area contributed by atoms with Crippen LogP contribution in [0.4, 0.5) is 0 Å². The Balaban J connectivity index is 1.80. The second-order valence-corrected chi connectivity index (χ2v) is 5.18. The van der Waals surface area contributed by atoms with Gasteiger partial charge in [0.25, 0.3) is 0 Å². The standard InChI is InChI=1S/C17H22N2O2/c18-9-4-7-14-5-3-6-15(11-14)13-19-17(20)12-16-8-1-2-10-21-16/h3,5-6,11,16H,1-2,8-10,12-13,18H2,(H,19,20). The number of carbonyl (C=O) groups is 1. The van der Waals surface area contributed by atoms with E-state index in [1.807, 2.05) is 24.3 Å². The minimum atomic E-state index is 0.0420. The zero-order valence-electron chi connectivity index (χ0n) is 12.2. The van der Waals surface area contributed by atoms with Crippen molar-refractivity contribution in [2.24, 2.45) is 5.73 Å². The Morgan fingerprint density at radius 1 is 1.43 bits per heavy atom. The number of hydrogen-bond acceptors (Lipinski definition) is 3. The molecular weight excluding hydrogens is 264 g/mol. The Labute approximate surface area is 126 Å². The lowest BCUT2D eigenvalue weighted by Gasteiger charge is -2.21. The van der Waals surface area contributed by atoms with Crippen LogP contribution in [-0.4, -0.2) is 25.2 Å². The van der Waals surface area contributed by atoms with Gasteiger partial charge in [-0.05, 0) is 37.0 Å². The van der Waals surface area contributed by atoms with Gasteiger partial charge >= 0.3 is 0 Å². The van der Waals surface area contributed by atoms with Gasteiger partial charge in [-0.2, -0.15) is 0 Å². The Morgan fingerprint density at radius 2 is 2.33 bits per heavy atom. The fourth-order valence-corrected chi connectivity index (χ4v) is 2.36. The molecule has 0 spiro atoms. The minimum Gasteiger partial charge on any atom is -0.378 e. The summed E-state index contributed by atoms with van der Waals surface area (Å²) in [4.78, 5) is 11.9. The van der Waals surface area contributed by atoms with Crippen molar-refractivity contribution in [2.45, 2.75) is 38.3 Å². The summed E-state index contributed by atoms with van der Waals surface area (Å²) in [7, 11) is 0. The van der Waals surface area contributed by atoms with E-state index in [2.05, 4.69) is 17.2 Å². The second kappa shape index (κ2) is 8.46. The van der Waals surface area contributed by atoms with Crippen LogP contribution in [0.1, 0.15) is 36.8 Å². The topological polar surface area (TPSA) is 64.3 Å². The lowest BCUT2D eigenvalue weighted by molar-refractivity contribution is -0.125. The largest absolute Gasteiger partial charge is 0.378 e. The molecule has 0 aromatic heterocycles. The van der Waals surface area contributed by atoms with Crippen molar-refractivity contribution in [1.82, 2.24) is 5.32 Å². The monoisotopic (exact) mass is 286 g/mol. The molecule has 1 heterocycles. The summed E-state index contributed by atoms with van der Waals surface area (Å²) < 4.78 is 5.57. The van der Waals surface area contributed by atoms with Crippen LogP contribution in [0.25, 0.3) is 0 Å². The van der Waals surface area contributed by atoms with Gasteiger partial charge in [-0.3, -0.25) is 4.79 Å². The molecule has 1 unspecified atom stereocenters. The summed E-state index contributed by atoms with van der Waals surface area (Å²) in [6, 6.07) is 7.82. The van der Waals surface area contributed by atoms with E-state index >= 15 is 0 Å². The van der Waals surface area contributed by atoms with Gasteiger partial charge in [-0.15, -0.1) is 0 Å². The van der Waals surface area contributed by atoms with Gasteiger partial charge in [-0.1, -0.05) is 24.0 Å². The number of nitrogens with one attached hydrogen (secondary N) is 1. The predicted octanol–water partition coefficient (Wildman–Crippen LogP) is 1.57. The molecule has 0 aliphatic carbocycles. The number of benzene rings is 1. The highest BCUT2D eigenvalue weighted by Gasteiger charge is 2.17. The number of hydrogen-bond donors (Lipinski definition) is 2. The summed E-state index contributed by atoms with van der Waals surface area (Å²) >= 11 is 0. The van der Waals surface area contributed by atoms with E-state index in [1.165, 1.54) is 0 Å². The van der Waals surface area contributed by atoms with E-state index in [4.69, 9.17) is 10.5 Å². The highest BCUT2D eigenvalue weighted by molar-refractivity contribution is 5.76. The molecule has 1 aromatic carbocycles. The molecule has 1 atom stereocenters. The van der Waals surface area contributed by atoms with Crippen LogP contribution in [0, 0.1) is 11.8 Å². The summed E-state index contributed by atoms with van der Waals surface area (Å²) in [5.74, 6) is 5.86. The lowest BCUT2D eigenvalue weighted by atomic mass is 10.1. The molecule has 21 heavy (non-hydrogen) atoms. The Kier molecular flexibility index (Phi) is 6.26. The third-order valence-electron chi connectivity index (χ3n) is 3.44. The van der Waals surface area contributed by atoms with Crippen molar-refractivity contribution in [2.75, 3.05) is 13.2 Å². The molecule has 4 heteroatoms. The number of carbonyl (C=O) groups excluding carboxylic acids is 1. The average molecular weight is 286 g/mol. The first-order valence-corrected chi connectivity index (χ1v) is 7.44. The van der Waals surface area contributed by atoms with Gasteiger partial charge in [0.2, 0.25) is 5.91 Å². The van der Waals surface area contributed by atoms with Gasteiger partial charge in [-0.25, -0.2) is 0 Å². The molecule has 4 nitrogen and oxygen atoms in total. The third-order valence-corrected chi connectivity index (χ3v) is 3.44. The van der Waals surface area contributed by atoms with Gasteiger partial charge in [0.15, 0.2) is 0 Å². The van der Waals surface area contributed by atoms with Crippen LogP contribution in [-0.2, 0) is 16.1 Å². The summed E-state index contributed by atoms with van der Waals surface area (Å²) in [5.41, 5.74) is 7.32. The molecule has 1 fully saturated rings. The summed E-state index contributed by atoms with van der Waals surface area (Å²) in [6.07, 6.45) is 3.78. The van der Waals surface area contributed by atoms with Gasteiger partial charge in [0.05, 0.1) is 19.1 Å². The highest BCUT2D eigenvalue weighted by atomic mass is 16.5. The van der Waals surface area contributed by atoms with E-state index in [0.717, 1.165) is 37.0 Å². The van der Waals surface area contributed by atoms with Crippen molar-refractivity contribution < 1.29 is 9.53 Å². The molecule has 1 aliphatic heterocycles.